The van der Waals surface area contributed by atoms with Crippen LogP contribution < -0.4 is 10.8 Å². The number of hydrogen-bond donors (Lipinski definition) is 2. The van der Waals surface area contributed by atoms with Crippen LogP contribution in [0.25, 0.3) is 0 Å². The number of aromatic nitrogens is 4. The summed E-state index contributed by atoms with van der Waals surface area (Å²) in [6.07, 6.45) is -2.75. The lowest BCUT2D eigenvalue weighted by atomic mass is 10.3. The van der Waals surface area contributed by atoms with Gasteiger partial charge in [-0.05, 0) is 30.2 Å². The Morgan fingerprint density at radius 2 is 1.96 bits per heavy atom. The molecule has 0 atom stereocenters. The molecule has 0 aliphatic carbocycles. The third-order valence-corrected chi connectivity index (χ3v) is 2.55. The Morgan fingerprint density at radius 1 is 1.22 bits per heavy atom. The predicted molar refractivity (Wildman–Crippen MR) is 77.2 cm³/mol. The van der Waals surface area contributed by atoms with Gasteiger partial charge in [0.1, 0.15) is 5.69 Å². The van der Waals surface area contributed by atoms with Crippen molar-refractivity contribution in [3.8, 4) is 0 Å². The molecule has 2 heterocycles. The Labute approximate surface area is 134 Å². The average molecular weight is 349 g/mol. The highest BCUT2D eigenvalue weighted by Crippen LogP contribution is 2.29. The second-order valence-corrected chi connectivity index (χ2v) is 4.59. The fraction of sp³-hybridized carbons (Fsp3) is 0.333. The fourth-order valence-electron chi connectivity index (χ4n) is 1.46. The van der Waals surface area contributed by atoms with Crippen molar-refractivity contribution in [2.45, 2.75) is 19.5 Å². The van der Waals surface area contributed by atoms with E-state index in [1.807, 2.05) is 6.92 Å². The van der Waals surface area contributed by atoms with Crippen LogP contribution >= 0.6 is 11.6 Å². The highest BCUT2D eigenvalue weighted by Gasteiger charge is 2.32. The van der Waals surface area contributed by atoms with Gasteiger partial charge < -0.3 is 5.32 Å². The average Bonchev–Trinajstić information content (AvgIpc) is 2.46. The summed E-state index contributed by atoms with van der Waals surface area (Å²) in [7, 11) is 0. The summed E-state index contributed by atoms with van der Waals surface area (Å²) in [5.74, 6) is -0.00188. The maximum atomic E-state index is 12.6. The van der Waals surface area contributed by atoms with Gasteiger partial charge >= 0.3 is 6.18 Å². The van der Waals surface area contributed by atoms with Crippen LogP contribution in [-0.2, 0) is 11.0 Å². The summed E-state index contributed by atoms with van der Waals surface area (Å²) < 4.78 is 37.9. The van der Waals surface area contributed by atoms with Crippen molar-refractivity contribution < 1.29 is 18.0 Å². The van der Waals surface area contributed by atoms with E-state index in [0.717, 1.165) is 18.7 Å². The van der Waals surface area contributed by atoms with E-state index in [9.17, 15) is 13.2 Å². The molecular weight excluding hydrogens is 337 g/mol. The fourth-order valence-corrected chi connectivity index (χ4v) is 1.62. The van der Waals surface area contributed by atoms with Gasteiger partial charge in [0.2, 0.25) is 11.2 Å². The molecule has 124 valence electrons. The van der Waals surface area contributed by atoms with Gasteiger partial charge in [0.25, 0.3) is 5.95 Å². The van der Waals surface area contributed by atoms with Crippen LogP contribution in [0.1, 0.15) is 19.0 Å². The third-order valence-electron chi connectivity index (χ3n) is 2.38. The number of pyridine rings is 1. The minimum absolute atomic E-state index is 0.0334. The SMILES string of the molecule is CCCONc1nc(Cl)nc(Nc2ccnc(C(F)(F)F)c2)n1. The van der Waals surface area contributed by atoms with Gasteiger partial charge in [-0.3, -0.25) is 9.82 Å². The van der Waals surface area contributed by atoms with Gasteiger partial charge in [-0.2, -0.15) is 28.1 Å². The van der Waals surface area contributed by atoms with Crippen molar-refractivity contribution in [2.75, 3.05) is 17.4 Å². The maximum absolute atomic E-state index is 12.6. The molecule has 7 nitrogen and oxygen atoms in total. The van der Waals surface area contributed by atoms with Crippen LogP contribution in [-0.4, -0.2) is 26.5 Å². The van der Waals surface area contributed by atoms with E-state index >= 15 is 0 Å². The number of alkyl halides is 3. The zero-order valence-electron chi connectivity index (χ0n) is 11.9. The van der Waals surface area contributed by atoms with E-state index < -0.39 is 11.9 Å². The molecule has 2 rings (SSSR count). The molecule has 0 amide bonds. The zero-order chi connectivity index (χ0) is 16.9. The van der Waals surface area contributed by atoms with Crippen molar-refractivity contribution in [3.63, 3.8) is 0 Å². The molecule has 11 heteroatoms. The van der Waals surface area contributed by atoms with Crippen LogP contribution in [0.5, 0.6) is 0 Å². The molecule has 0 saturated heterocycles. The number of nitrogens with one attached hydrogen (secondary N) is 2. The molecule has 23 heavy (non-hydrogen) atoms. The molecule has 2 aromatic rings. The van der Waals surface area contributed by atoms with Crippen molar-refractivity contribution >= 4 is 29.2 Å². The summed E-state index contributed by atoms with van der Waals surface area (Å²) in [5, 5.41) is 2.46. The topological polar surface area (TPSA) is 84.9 Å². The molecule has 0 bridgehead atoms. The van der Waals surface area contributed by atoms with Crippen molar-refractivity contribution in [1.29, 1.82) is 0 Å². The van der Waals surface area contributed by atoms with E-state index in [1.54, 1.807) is 0 Å². The van der Waals surface area contributed by atoms with E-state index in [-0.39, 0.29) is 22.9 Å². The largest absolute Gasteiger partial charge is 0.433 e. The first-order valence-corrected chi connectivity index (χ1v) is 6.86. The van der Waals surface area contributed by atoms with Gasteiger partial charge in [-0.25, -0.2) is 5.48 Å². The first kappa shape index (κ1) is 17.2. The summed E-state index contributed by atoms with van der Waals surface area (Å²) in [4.78, 5) is 19.8. The van der Waals surface area contributed by atoms with E-state index in [1.165, 1.54) is 6.07 Å². The van der Waals surface area contributed by atoms with Crippen molar-refractivity contribution in [3.05, 3.63) is 29.3 Å². The standard InChI is InChI=1S/C12H12ClF3N6O/c1-2-5-23-22-11-20-9(13)19-10(21-11)18-7-3-4-17-8(6-7)12(14,15)16/h3-4,6H,2,5H2,1H3,(H2,17,18,19,20,21,22). The lowest BCUT2D eigenvalue weighted by Gasteiger charge is -2.10. The zero-order valence-corrected chi connectivity index (χ0v) is 12.6. The first-order valence-electron chi connectivity index (χ1n) is 6.48. The third kappa shape index (κ3) is 5.18. The molecule has 0 aromatic carbocycles. The van der Waals surface area contributed by atoms with Gasteiger partial charge in [0.05, 0.1) is 6.61 Å². The predicted octanol–water partition coefficient (Wildman–Crippen LogP) is 3.44. The molecule has 2 N–H and O–H groups in total. The molecule has 0 fully saturated rings. The van der Waals surface area contributed by atoms with Gasteiger partial charge in [0.15, 0.2) is 0 Å². The van der Waals surface area contributed by atoms with Crippen molar-refractivity contribution in [2.24, 2.45) is 0 Å². The second kappa shape index (κ2) is 7.38. The first-order chi connectivity index (χ1) is 10.9. The van der Waals surface area contributed by atoms with E-state index in [2.05, 4.69) is 30.7 Å². The molecule has 0 unspecified atom stereocenters. The smallest absolute Gasteiger partial charge is 0.324 e. The Morgan fingerprint density at radius 3 is 2.65 bits per heavy atom. The van der Waals surface area contributed by atoms with E-state index in [4.69, 9.17) is 16.4 Å². The molecule has 0 aliphatic heterocycles. The Bertz CT molecular complexity index is 669. The summed E-state index contributed by atoms with van der Waals surface area (Å²) in [6, 6.07) is 2.17. The maximum Gasteiger partial charge on any atom is 0.433 e. The number of hydrogen-bond acceptors (Lipinski definition) is 7. The highest BCUT2D eigenvalue weighted by molar-refractivity contribution is 6.28. The lowest BCUT2D eigenvalue weighted by molar-refractivity contribution is -0.141. The van der Waals surface area contributed by atoms with Crippen LogP contribution in [0.3, 0.4) is 0 Å². The Hall–Kier alpha value is -2.20. The molecular formula is C12H12ClF3N6O. The van der Waals surface area contributed by atoms with Crippen LogP contribution in [0.4, 0.5) is 30.8 Å². The Balaban J connectivity index is 2.16. The normalized spacial score (nSPS) is 11.3. The summed E-state index contributed by atoms with van der Waals surface area (Å²) in [5.41, 5.74) is 1.54. The highest BCUT2D eigenvalue weighted by atomic mass is 35.5. The molecule has 2 aromatic heterocycles. The minimum Gasteiger partial charge on any atom is -0.324 e. The number of anilines is 3. The number of rotatable bonds is 6. The van der Waals surface area contributed by atoms with Gasteiger partial charge in [-0.1, -0.05) is 6.92 Å². The lowest BCUT2D eigenvalue weighted by Crippen LogP contribution is -2.10. The van der Waals surface area contributed by atoms with Gasteiger partial charge in [0, 0.05) is 11.9 Å². The van der Waals surface area contributed by atoms with Crippen LogP contribution in [0, 0.1) is 0 Å². The summed E-state index contributed by atoms with van der Waals surface area (Å²) in [6.45, 7) is 2.34. The number of halogens is 4. The molecule has 0 radical (unpaired) electrons. The van der Waals surface area contributed by atoms with Crippen molar-refractivity contribution in [1.82, 2.24) is 19.9 Å². The molecule has 0 saturated carbocycles. The number of nitrogens with zero attached hydrogens (tertiary/aromatic N) is 4. The second-order valence-electron chi connectivity index (χ2n) is 4.25. The quantitative estimate of drug-likeness (QED) is 0.611. The molecule has 0 aliphatic rings. The monoisotopic (exact) mass is 348 g/mol. The van der Waals surface area contributed by atoms with Crippen LogP contribution in [0.15, 0.2) is 18.3 Å². The minimum atomic E-state index is -4.55. The van der Waals surface area contributed by atoms with Crippen LogP contribution in [0.2, 0.25) is 5.28 Å². The Kier molecular flexibility index (Phi) is 5.50. The van der Waals surface area contributed by atoms with Gasteiger partial charge in [-0.15, -0.1) is 0 Å². The molecule has 0 spiro atoms. The van der Waals surface area contributed by atoms with E-state index in [0.29, 0.717) is 6.61 Å². The summed E-state index contributed by atoms with van der Waals surface area (Å²) >= 11 is 5.74.